The maximum atomic E-state index is 11.5. The molecule has 0 unspecified atom stereocenters. The highest BCUT2D eigenvalue weighted by Gasteiger charge is 2.24. The lowest BCUT2D eigenvalue weighted by Crippen LogP contribution is -2.32. The summed E-state index contributed by atoms with van der Waals surface area (Å²) in [7, 11) is 0. The Morgan fingerprint density at radius 1 is 0.915 bits per heavy atom. The van der Waals surface area contributed by atoms with Crippen LogP contribution in [0.2, 0.25) is 0 Å². The van der Waals surface area contributed by atoms with E-state index >= 15 is 0 Å². The zero-order chi connectivity index (χ0) is 31.7. The molecular weight excluding hydrogens is 590 g/mol. The Kier molecular flexibility index (Phi) is 7.31. The second-order valence-electron chi connectivity index (χ2n) is 11.7. The van der Waals surface area contributed by atoms with Crippen molar-refractivity contribution < 1.29 is 4.79 Å². The lowest BCUT2D eigenvalue weighted by molar-refractivity contribution is 0.202. The van der Waals surface area contributed by atoms with Gasteiger partial charge in [0.25, 0.3) is 0 Å². The largest absolute Gasteiger partial charge is 0.351 e. The number of anilines is 1. The maximum absolute atomic E-state index is 11.5. The van der Waals surface area contributed by atoms with Crippen molar-refractivity contribution in [1.29, 1.82) is 0 Å². The van der Waals surface area contributed by atoms with E-state index in [1.165, 1.54) is 5.56 Å². The first-order chi connectivity index (χ1) is 23.1. The minimum Gasteiger partial charge on any atom is -0.351 e. The van der Waals surface area contributed by atoms with Crippen LogP contribution >= 0.6 is 0 Å². The third-order valence-electron chi connectivity index (χ3n) is 8.69. The van der Waals surface area contributed by atoms with Gasteiger partial charge in [-0.3, -0.25) is 24.7 Å². The molecule has 8 rings (SSSR count). The smallest absolute Gasteiger partial charge is 0.319 e. The summed E-state index contributed by atoms with van der Waals surface area (Å²) in [4.78, 5) is 28.2. The van der Waals surface area contributed by atoms with Crippen LogP contribution in [0, 0.1) is 0 Å². The normalized spacial score (nSPS) is 14.1. The molecule has 5 aromatic heterocycles. The zero-order valence-corrected chi connectivity index (χ0v) is 25.4. The molecule has 0 aliphatic carbocycles. The number of benzene rings is 2. The molecule has 0 bridgehead atoms. The highest BCUT2D eigenvalue weighted by atomic mass is 16.2. The van der Waals surface area contributed by atoms with Crippen molar-refractivity contribution in [2.24, 2.45) is 5.73 Å². The number of nitrogens with one attached hydrogen (secondary N) is 2. The van der Waals surface area contributed by atoms with Crippen molar-refractivity contribution in [2.75, 3.05) is 18.4 Å². The molecule has 232 valence electrons. The average Bonchev–Trinajstić information content (AvgIpc) is 3.77. The number of pyridine rings is 3. The Bertz CT molecular complexity index is 2190. The Balaban J connectivity index is 1.02. The van der Waals surface area contributed by atoms with E-state index in [4.69, 9.17) is 15.7 Å². The number of fused-ring (bicyclic) bond motifs is 3. The number of aromatic nitrogens is 8. The fourth-order valence-electron chi connectivity index (χ4n) is 6.31. The topological polar surface area (TPSA) is 156 Å². The fourth-order valence-corrected chi connectivity index (χ4v) is 6.31. The summed E-state index contributed by atoms with van der Waals surface area (Å²) in [6.07, 6.45) is 5.60. The molecule has 2 amide bonds. The van der Waals surface area contributed by atoms with Crippen LogP contribution in [0.25, 0.3) is 50.5 Å². The predicted molar refractivity (Wildman–Crippen MR) is 179 cm³/mol. The quantitative estimate of drug-likeness (QED) is 0.206. The first kappa shape index (κ1) is 28.5. The first-order valence-electron chi connectivity index (χ1n) is 15.5. The summed E-state index contributed by atoms with van der Waals surface area (Å²) in [6.45, 7) is 2.86. The van der Waals surface area contributed by atoms with Crippen molar-refractivity contribution in [3.8, 4) is 33.9 Å². The predicted octanol–water partition coefficient (Wildman–Crippen LogP) is 5.66. The van der Waals surface area contributed by atoms with Crippen molar-refractivity contribution in [3.05, 3.63) is 109 Å². The van der Waals surface area contributed by atoms with E-state index in [1.54, 1.807) is 16.8 Å². The van der Waals surface area contributed by atoms with E-state index in [-0.39, 0.29) is 5.95 Å². The number of likely N-dealkylation sites (tertiary alicyclic amines) is 1. The van der Waals surface area contributed by atoms with Crippen LogP contribution in [-0.4, -0.2) is 63.8 Å². The number of nitrogens with zero attached hydrogens (tertiary/aromatic N) is 8. The summed E-state index contributed by atoms with van der Waals surface area (Å²) >= 11 is 0. The van der Waals surface area contributed by atoms with E-state index in [9.17, 15) is 4.79 Å². The first-order valence-corrected chi connectivity index (χ1v) is 15.5. The van der Waals surface area contributed by atoms with E-state index in [0.29, 0.717) is 17.4 Å². The minimum atomic E-state index is -0.701. The molecule has 7 aromatic rings. The van der Waals surface area contributed by atoms with Crippen LogP contribution in [0.3, 0.4) is 0 Å². The van der Waals surface area contributed by atoms with Crippen molar-refractivity contribution >= 4 is 28.5 Å². The van der Waals surface area contributed by atoms with Crippen LogP contribution in [-0.2, 0) is 6.54 Å². The number of aromatic amines is 1. The van der Waals surface area contributed by atoms with Gasteiger partial charge in [-0.15, -0.1) is 10.2 Å². The monoisotopic (exact) mass is 621 g/mol. The second kappa shape index (κ2) is 12.1. The standard InChI is InChI=1S/C35H31N11O/c36-34(47)40-35-44-43-33-27-20-26(23-6-2-1-3-7-23)30(38-28(27)15-19-46(33)35)24-11-9-22(10-12-24)21-45-17-13-25(14-18-45)31-39-32(42-41-31)29-8-4-5-16-37-29/h1-12,15-16,19-20,25H,13-14,17-18,21H2,(H,39,41,42)(H3,36,40,44,47). The summed E-state index contributed by atoms with van der Waals surface area (Å²) in [5, 5.41) is 19.3. The molecule has 1 fully saturated rings. The third-order valence-corrected chi connectivity index (χ3v) is 8.69. The van der Waals surface area contributed by atoms with E-state index in [0.717, 1.165) is 77.3 Å². The molecule has 12 heteroatoms. The number of hydrogen-bond donors (Lipinski definition) is 3. The van der Waals surface area contributed by atoms with Crippen LogP contribution in [0.15, 0.2) is 97.3 Å². The summed E-state index contributed by atoms with van der Waals surface area (Å²) in [5.74, 6) is 2.21. The van der Waals surface area contributed by atoms with Gasteiger partial charge in [-0.25, -0.2) is 14.8 Å². The average molecular weight is 622 g/mol. The molecule has 1 aliphatic heterocycles. The molecular formula is C35H31N11O. The molecule has 0 saturated carbocycles. The zero-order valence-electron chi connectivity index (χ0n) is 25.4. The van der Waals surface area contributed by atoms with Gasteiger partial charge in [-0.2, -0.15) is 5.10 Å². The Labute approximate surface area is 269 Å². The van der Waals surface area contributed by atoms with E-state index in [1.807, 2.05) is 42.5 Å². The van der Waals surface area contributed by atoms with Crippen LogP contribution < -0.4 is 11.1 Å². The number of hydrogen-bond acceptors (Lipinski definition) is 8. The number of urea groups is 1. The second-order valence-corrected chi connectivity index (χ2v) is 11.7. The number of rotatable bonds is 7. The summed E-state index contributed by atoms with van der Waals surface area (Å²) in [6, 6.07) is 27.9. The van der Waals surface area contributed by atoms with Gasteiger partial charge in [0.05, 0.1) is 11.2 Å². The molecule has 1 aliphatic rings. The van der Waals surface area contributed by atoms with Crippen LogP contribution in [0.5, 0.6) is 0 Å². The molecule has 0 radical (unpaired) electrons. The lowest BCUT2D eigenvalue weighted by Gasteiger charge is -2.31. The highest BCUT2D eigenvalue weighted by molar-refractivity contribution is 5.99. The molecule has 6 heterocycles. The Morgan fingerprint density at radius 2 is 1.72 bits per heavy atom. The van der Waals surface area contributed by atoms with Gasteiger partial charge in [0.15, 0.2) is 11.5 Å². The van der Waals surface area contributed by atoms with Gasteiger partial charge < -0.3 is 5.73 Å². The molecule has 4 N–H and O–H groups in total. The van der Waals surface area contributed by atoms with E-state index in [2.05, 4.69) is 78.1 Å². The van der Waals surface area contributed by atoms with Crippen LogP contribution in [0.4, 0.5) is 10.7 Å². The molecule has 2 aromatic carbocycles. The van der Waals surface area contributed by atoms with Gasteiger partial charge in [0.2, 0.25) is 5.95 Å². The number of nitrogens with two attached hydrogens (primary N) is 1. The number of amides is 2. The maximum Gasteiger partial charge on any atom is 0.319 e. The van der Waals surface area contributed by atoms with Crippen molar-refractivity contribution in [1.82, 2.24) is 44.6 Å². The van der Waals surface area contributed by atoms with E-state index < -0.39 is 6.03 Å². The molecule has 12 nitrogen and oxygen atoms in total. The third kappa shape index (κ3) is 5.66. The van der Waals surface area contributed by atoms with Gasteiger partial charge in [0.1, 0.15) is 11.5 Å². The van der Waals surface area contributed by atoms with Gasteiger partial charge in [-0.1, -0.05) is 60.7 Å². The highest BCUT2D eigenvalue weighted by Crippen LogP contribution is 2.35. The molecule has 0 atom stereocenters. The Morgan fingerprint density at radius 3 is 2.49 bits per heavy atom. The van der Waals surface area contributed by atoms with Gasteiger partial charge in [0, 0.05) is 41.4 Å². The number of primary amides is 1. The SMILES string of the molecule is NC(=O)Nc1nnc2c3cc(-c4ccccc4)c(-c4ccc(CN5CCC(c6nc(-c7ccccn7)n[nH]6)CC5)cc4)nc3ccn12. The summed E-state index contributed by atoms with van der Waals surface area (Å²) < 4.78 is 1.70. The molecule has 0 spiro atoms. The van der Waals surface area contributed by atoms with Crippen LogP contribution in [0.1, 0.15) is 30.1 Å². The fraction of sp³-hybridized carbons (Fsp3) is 0.171. The summed E-state index contributed by atoms with van der Waals surface area (Å²) in [5.41, 5.74) is 12.7. The van der Waals surface area contributed by atoms with Gasteiger partial charge >= 0.3 is 6.03 Å². The molecule has 47 heavy (non-hydrogen) atoms. The number of carbonyl (C=O) groups is 1. The van der Waals surface area contributed by atoms with Gasteiger partial charge in [-0.05, 0) is 61.3 Å². The number of H-pyrrole nitrogens is 1. The number of piperidine rings is 1. The Hall–Kier alpha value is -6.01. The van der Waals surface area contributed by atoms with Crippen molar-refractivity contribution in [3.63, 3.8) is 0 Å². The minimum absolute atomic E-state index is 0.257. The number of carbonyl (C=O) groups excluding carboxylic acids is 1. The molecule has 1 saturated heterocycles. The van der Waals surface area contributed by atoms with Crippen molar-refractivity contribution in [2.45, 2.75) is 25.3 Å². The lowest BCUT2D eigenvalue weighted by atomic mass is 9.95.